The number of halogens is 1. The molecule has 0 spiro atoms. The minimum atomic E-state index is -0.151. The first-order valence-corrected chi connectivity index (χ1v) is 9.72. The average Bonchev–Trinajstić information content (AvgIpc) is 3.18. The maximum absolute atomic E-state index is 13.0. The number of H-pyrrole nitrogens is 1. The molecule has 0 radical (unpaired) electrons. The molecule has 7 heteroatoms. The second-order valence-electron chi connectivity index (χ2n) is 7.03. The van der Waals surface area contributed by atoms with Crippen LogP contribution >= 0.6 is 11.6 Å². The van der Waals surface area contributed by atoms with E-state index in [4.69, 9.17) is 11.6 Å². The highest BCUT2D eigenvalue weighted by molar-refractivity contribution is 6.33. The van der Waals surface area contributed by atoms with Crippen LogP contribution in [0.3, 0.4) is 0 Å². The Bertz CT molecular complexity index is 1290. The van der Waals surface area contributed by atoms with E-state index in [2.05, 4.69) is 10.1 Å². The molecule has 2 aromatic heterocycles. The van der Waals surface area contributed by atoms with Crippen molar-refractivity contribution in [3.05, 3.63) is 92.9 Å². The van der Waals surface area contributed by atoms with Crippen molar-refractivity contribution in [1.82, 2.24) is 19.5 Å². The molecule has 0 saturated heterocycles. The lowest BCUT2D eigenvalue weighted by molar-refractivity contribution is 0.0731. The van der Waals surface area contributed by atoms with Crippen molar-refractivity contribution in [1.29, 1.82) is 0 Å². The summed E-state index contributed by atoms with van der Waals surface area (Å²) in [5.74, 6) is -0.151. The van der Waals surface area contributed by atoms with Crippen LogP contribution < -0.4 is 5.56 Å². The Labute approximate surface area is 171 Å². The summed E-state index contributed by atoms with van der Waals surface area (Å²) in [4.78, 5) is 32.2. The highest BCUT2D eigenvalue weighted by Crippen LogP contribution is 2.23. The van der Waals surface area contributed by atoms with Gasteiger partial charge in [-0.3, -0.25) is 14.7 Å². The Kier molecular flexibility index (Phi) is 4.21. The fraction of sp³-hybridized carbons (Fsp3) is 0.136. The smallest absolute Gasteiger partial charge is 0.276 e. The molecule has 144 valence electrons. The lowest BCUT2D eigenvalue weighted by Crippen LogP contribution is -2.39. The molecule has 3 heterocycles. The first kappa shape index (κ1) is 17.7. The molecule has 4 aromatic rings. The van der Waals surface area contributed by atoms with Crippen LogP contribution in [0.5, 0.6) is 0 Å². The third kappa shape index (κ3) is 3.02. The van der Waals surface area contributed by atoms with Gasteiger partial charge in [0.25, 0.3) is 11.5 Å². The predicted molar refractivity (Wildman–Crippen MR) is 111 cm³/mol. The van der Waals surface area contributed by atoms with Gasteiger partial charge in [-0.1, -0.05) is 54.1 Å². The second kappa shape index (κ2) is 6.90. The fourth-order valence-corrected chi connectivity index (χ4v) is 3.95. The summed E-state index contributed by atoms with van der Waals surface area (Å²) in [5, 5.41) is 3.56. The van der Waals surface area contributed by atoms with Gasteiger partial charge in [0.2, 0.25) is 0 Å². The number of carbonyl (C=O) groups is 1. The average molecular weight is 405 g/mol. The van der Waals surface area contributed by atoms with Crippen LogP contribution in [0.15, 0.2) is 65.5 Å². The number of rotatable bonds is 2. The van der Waals surface area contributed by atoms with Crippen molar-refractivity contribution < 1.29 is 4.79 Å². The minimum Gasteiger partial charge on any atom is -0.332 e. The normalized spacial score (nSPS) is 13.5. The molecular weight excluding hydrogens is 388 g/mol. The molecule has 0 bridgehead atoms. The third-order valence-corrected chi connectivity index (χ3v) is 5.57. The zero-order valence-electron chi connectivity index (χ0n) is 15.4. The second-order valence-corrected chi connectivity index (χ2v) is 7.44. The van der Waals surface area contributed by atoms with Crippen molar-refractivity contribution in [2.75, 3.05) is 6.54 Å². The summed E-state index contributed by atoms with van der Waals surface area (Å²) in [6.45, 7) is 0.739. The molecule has 0 fully saturated rings. The van der Waals surface area contributed by atoms with Crippen LogP contribution in [0.25, 0.3) is 16.9 Å². The molecule has 0 unspecified atom stereocenters. The first-order valence-electron chi connectivity index (χ1n) is 9.34. The number of nitrogens with zero attached hydrogens (tertiary/aromatic N) is 3. The summed E-state index contributed by atoms with van der Waals surface area (Å²) in [6, 6.07) is 18.6. The minimum absolute atomic E-state index is 0.114. The quantitative estimate of drug-likeness (QED) is 0.555. The summed E-state index contributed by atoms with van der Waals surface area (Å²) in [6.07, 6.45) is 0.458. The Hall–Kier alpha value is -3.38. The van der Waals surface area contributed by atoms with Gasteiger partial charge in [0.1, 0.15) is 0 Å². The van der Waals surface area contributed by atoms with Gasteiger partial charge >= 0.3 is 0 Å². The molecule has 29 heavy (non-hydrogen) atoms. The van der Waals surface area contributed by atoms with E-state index >= 15 is 0 Å². The lowest BCUT2D eigenvalue weighted by Gasteiger charge is -2.28. The summed E-state index contributed by atoms with van der Waals surface area (Å²) in [7, 11) is 0. The summed E-state index contributed by atoms with van der Waals surface area (Å²) < 4.78 is 1.48. The maximum atomic E-state index is 13.0. The van der Waals surface area contributed by atoms with Gasteiger partial charge in [0.15, 0.2) is 5.65 Å². The first-order chi connectivity index (χ1) is 14.1. The Morgan fingerprint density at radius 2 is 1.83 bits per heavy atom. The number of amides is 1. The van der Waals surface area contributed by atoms with Crippen LogP contribution in [0.2, 0.25) is 5.02 Å². The SMILES string of the molecule is O=C(c1ccccc1Cl)N1CCc2c(nc3cc(-c4ccccc4)[nH]n3c2=O)C1. The van der Waals surface area contributed by atoms with Crippen LogP contribution in [0.1, 0.15) is 21.6 Å². The number of carbonyl (C=O) groups excluding carboxylic acids is 1. The van der Waals surface area contributed by atoms with E-state index in [0.29, 0.717) is 40.5 Å². The Balaban J connectivity index is 1.53. The van der Waals surface area contributed by atoms with Gasteiger partial charge in [-0.05, 0) is 24.1 Å². The number of hydrogen-bond acceptors (Lipinski definition) is 3. The van der Waals surface area contributed by atoms with Crippen molar-refractivity contribution >= 4 is 23.2 Å². The van der Waals surface area contributed by atoms with Crippen molar-refractivity contribution in [2.24, 2.45) is 0 Å². The largest absolute Gasteiger partial charge is 0.332 e. The molecule has 0 saturated carbocycles. The van der Waals surface area contributed by atoms with Crippen LogP contribution in [0.4, 0.5) is 0 Å². The molecule has 2 aromatic carbocycles. The number of hydrogen-bond donors (Lipinski definition) is 1. The van der Waals surface area contributed by atoms with Crippen molar-refractivity contribution in [3.8, 4) is 11.3 Å². The van der Waals surface area contributed by atoms with Gasteiger partial charge in [-0.25, -0.2) is 9.50 Å². The van der Waals surface area contributed by atoms with Crippen molar-refractivity contribution in [2.45, 2.75) is 13.0 Å². The highest BCUT2D eigenvalue weighted by Gasteiger charge is 2.27. The molecule has 1 amide bonds. The molecule has 1 aliphatic rings. The van der Waals surface area contributed by atoms with Gasteiger partial charge in [-0.15, -0.1) is 0 Å². The van der Waals surface area contributed by atoms with E-state index in [1.807, 2.05) is 36.4 Å². The standard InChI is InChI=1S/C22H17ClN4O2/c23-17-9-5-4-8-15(17)21(28)26-11-10-16-19(13-26)24-20-12-18(25-27(20)22(16)29)14-6-2-1-3-7-14/h1-9,12,25H,10-11,13H2. The van der Waals surface area contributed by atoms with Gasteiger partial charge in [0, 0.05) is 18.2 Å². The van der Waals surface area contributed by atoms with E-state index in [-0.39, 0.29) is 18.0 Å². The topological polar surface area (TPSA) is 70.5 Å². The van der Waals surface area contributed by atoms with Gasteiger partial charge < -0.3 is 4.90 Å². The lowest BCUT2D eigenvalue weighted by atomic mass is 10.1. The highest BCUT2D eigenvalue weighted by atomic mass is 35.5. The number of benzene rings is 2. The van der Waals surface area contributed by atoms with E-state index in [9.17, 15) is 9.59 Å². The van der Waals surface area contributed by atoms with E-state index in [1.165, 1.54) is 4.52 Å². The molecule has 5 rings (SSSR count). The van der Waals surface area contributed by atoms with Gasteiger partial charge in [0.05, 0.1) is 28.5 Å². The van der Waals surface area contributed by atoms with Crippen LogP contribution in [-0.2, 0) is 13.0 Å². The van der Waals surface area contributed by atoms with E-state index < -0.39 is 0 Å². The number of nitrogens with one attached hydrogen (secondary N) is 1. The monoisotopic (exact) mass is 404 g/mol. The van der Waals surface area contributed by atoms with E-state index in [1.54, 1.807) is 29.2 Å². The predicted octanol–water partition coefficient (Wildman–Crippen LogP) is 3.54. The maximum Gasteiger partial charge on any atom is 0.276 e. The van der Waals surface area contributed by atoms with Crippen LogP contribution in [-0.4, -0.2) is 31.9 Å². The Morgan fingerprint density at radius 3 is 2.62 bits per heavy atom. The van der Waals surface area contributed by atoms with E-state index in [0.717, 1.165) is 11.3 Å². The number of fused-ring (bicyclic) bond motifs is 2. The molecule has 6 nitrogen and oxygen atoms in total. The zero-order valence-corrected chi connectivity index (χ0v) is 16.2. The molecule has 1 aliphatic heterocycles. The van der Waals surface area contributed by atoms with Gasteiger partial charge in [-0.2, -0.15) is 0 Å². The fourth-order valence-electron chi connectivity index (χ4n) is 3.74. The van der Waals surface area contributed by atoms with Crippen molar-refractivity contribution in [3.63, 3.8) is 0 Å². The molecule has 0 aliphatic carbocycles. The summed E-state index contributed by atoms with van der Waals surface area (Å²) in [5.41, 5.74) is 3.97. The molecular formula is C22H17ClN4O2. The van der Waals surface area contributed by atoms with Crippen LogP contribution in [0, 0.1) is 0 Å². The third-order valence-electron chi connectivity index (χ3n) is 5.24. The Morgan fingerprint density at radius 1 is 1.07 bits per heavy atom. The number of aromatic amines is 1. The molecule has 0 atom stereocenters. The number of aromatic nitrogens is 3. The summed E-state index contributed by atoms with van der Waals surface area (Å²) >= 11 is 6.18. The molecule has 1 N–H and O–H groups in total. The zero-order chi connectivity index (χ0) is 20.0.